The molecule has 1 fully saturated rings. The third-order valence-corrected chi connectivity index (χ3v) is 4.42. The average Bonchev–Trinajstić information content (AvgIpc) is 2.87. The highest BCUT2D eigenvalue weighted by molar-refractivity contribution is 5.79. The number of rotatable bonds is 3. The van der Waals surface area contributed by atoms with Gasteiger partial charge in [0.15, 0.2) is 0 Å². The molecule has 0 saturated carbocycles. The quantitative estimate of drug-likeness (QED) is 0.886. The maximum Gasteiger partial charge on any atom is 0.0457 e. The highest BCUT2D eigenvalue weighted by atomic mass is 15.1. The fourth-order valence-electron chi connectivity index (χ4n) is 2.94. The third kappa shape index (κ3) is 2.82. The molecule has 2 aromatic rings. The lowest BCUT2D eigenvalue weighted by Gasteiger charge is -2.35. The molecule has 1 aliphatic heterocycles. The minimum absolute atomic E-state index is 0.658. The fraction of sp³-hybridized carbons (Fsp3) is 0.500. The van der Waals surface area contributed by atoms with E-state index >= 15 is 0 Å². The molecule has 2 heterocycles. The summed E-state index contributed by atoms with van der Waals surface area (Å²) in [7, 11) is 2.22. The van der Waals surface area contributed by atoms with Crippen LogP contribution in [0.1, 0.15) is 25.3 Å². The second kappa shape index (κ2) is 5.35. The standard InChI is InChI=1S/C16H23N3/c1-12-9-15(6-8-19(12)2)18-11-13-3-4-14-5-7-17-16(14)10-13/h3-5,7,10,12,15,17-18H,6,8-9,11H2,1-2H3. The van der Waals surface area contributed by atoms with Gasteiger partial charge >= 0.3 is 0 Å². The van der Waals surface area contributed by atoms with Crippen LogP contribution in [0.15, 0.2) is 30.5 Å². The molecule has 3 nitrogen and oxygen atoms in total. The van der Waals surface area contributed by atoms with Gasteiger partial charge in [-0.1, -0.05) is 12.1 Å². The predicted molar refractivity (Wildman–Crippen MR) is 80.3 cm³/mol. The Morgan fingerprint density at radius 3 is 3.11 bits per heavy atom. The molecule has 0 aliphatic carbocycles. The van der Waals surface area contributed by atoms with Crippen molar-refractivity contribution in [2.45, 2.75) is 38.4 Å². The van der Waals surface area contributed by atoms with Gasteiger partial charge in [-0.3, -0.25) is 0 Å². The first-order chi connectivity index (χ1) is 9.22. The Kier molecular flexibility index (Phi) is 3.58. The average molecular weight is 257 g/mol. The monoisotopic (exact) mass is 257 g/mol. The molecular formula is C16H23N3. The normalized spacial score (nSPS) is 24.9. The molecule has 19 heavy (non-hydrogen) atoms. The lowest BCUT2D eigenvalue weighted by molar-refractivity contribution is 0.168. The zero-order chi connectivity index (χ0) is 13.2. The predicted octanol–water partition coefficient (Wildman–Crippen LogP) is 2.74. The molecule has 1 saturated heterocycles. The van der Waals surface area contributed by atoms with Crippen LogP contribution >= 0.6 is 0 Å². The summed E-state index contributed by atoms with van der Waals surface area (Å²) in [4.78, 5) is 5.72. The first-order valence-electron chi connectivity index (χ1n) is 7.22. The highest BCUT2D eigenvalue weighted by Gasteiger charge is 2.21. The van der Waals surface area contributed by atoms with E-state index in [2.05, 4.69) is 53.4 Å². The number of piperidine rings is 1. The van der Waals surface area contributed by atoms with Gasteiger partial charge in [-0.15, -0.1) is 0 Å². The Balaban J connectivity index is 1.59. The number of hydrogen-bond acceptors (Lipinski definition) is 2. The van der Waals surface area contributed by atoms with Crippen LogP contribution in [-0.2, 0) is 6.54 Å². The third-order valence-electron chi connectivity index (χ3n) is 4.42. The number of likely N-dealkylation sites (tertiary alicyclic amines) is 1. The van der Waals surface area contributed by atoms with Crippen molar-refractivity contribution in [2.75, 3.05) is 13.6 Å². The number of fused-ring (bicyclic) bond motifs is 1. The number of aromatic amines is 1. The van der Waals surface area contributed by atoms with Crippen molar-refractivity contribution < 1.29 is 0 Å². The summed E-state index contributed by atoms with van der Waals surface area (Å²) in [5.74, 6) is 0. The topological polar surface area (TPSA) is 31.1 Å². The van der Waals surface area contributed by atoms with Gasteiger partial charge in [0, 0.05) is 30.3 Å². The number of benzene rings is 1. The van der Waals surface area contributed by atoms with Gasteiger partial charge in [-0.25, -0.2) is 0 Å². The molecule has 3 heteroatoms. The molecule has 102 valence electrons. The van der Waals surface area contributed by atoms with Crippen molar-refractivity contribution in [3.8, 4) is 0 Å². The van der Waals surface area contributed by atoms with Crippen molar-refractivity contribution >= 4 is 10.9 Å². The van der Waals surface area contributed by atoms with Crippen molar-refractivity contribution in [2.24, 2.45) is 0 Å². The maximum absolute atomic E-state index is 3.71. The maximum atomic E-state index is 3.71. The van der Waals surface area contributed by atoms with E-state index in [0.29, 0.717) is 12.1 Å². The molecule has 0 amide bonds. The lowest BCUT2D eigenvalue weighted by Crippen LogP contribution is -2.45. The second-order valence-electron chi connectivity index (χ2n) is 5.83. The van der Waals surface area contributed by atoms with E-state index in [4.69, 9.17) is 0 Å². The first-order valence-corrected chi connectivity index (χ1v) is 7.22. The zero-order valence-electron chi connectivity index (χ0n) is 11.8. The van der Waals surface area contributed by atoms with Crippen molar-refractivity contribution in [1.82, 2.24) is 15.2 Å². The molecular weight excluding hydrogens is 234 g/mol. The van der Waals surface area contributed by atoms with Crippen LogP contribution in [0.3, 0.4) is 0 Å². The van der Waals surface area contributed by atoms with E-state index in [9.17, 15) is 0 Å². The summed E-state index contributed by atoms with van der Waals surface area (Å²) in [6, 6.07) is 10.1. The molecule has 1 aliphatic rings. The molecule has 0 radical (unpaired) electrons. The van der Waals surface area contributed by atoms with E-state index in [1.54, 1.807) is 0 Å². The summed E-state index contributed by atoms with van der Waals surface area (Å²) >= 11 is 0. The number of H-pyrrole nitrogens is 1. The number of hydrogen-bond donors (Lipinski definition) is 2. The minimum atomic E-state index is 0.658. The first kappa shape index (κ1) is 12.7. The van der Waals surface area contributed by atoms with E-state index < -0.39 is 0 Å². The van der Waals surface area contributed by atoms with Gasteiger partial charge in [-0.2, -0.15) is 0 Å². The van der Waals surface area contributed by atoms with Gasteiger partial charge in [0.2, 0.25) is 0 Å². The van der Waals surface area contributed by atoms with Gasteiger partial charge in [-0.05, 0) is 56.4 Å². The Hall–Kier alpha value is -1.32. The molecule has 0 spiro atoms. The Labute approximate surface area is 115 Å². The summed E-state index contributed by atoms with van der Waals surface area (Å²) in [5.41, 5.74) is 2.59. The molecule has 2 N–H and O–H groups in total. The number of aromatic nitrogens is 1. The van der Waals surface area contributed by atoms with E-state index in [1.807, 2.05) is 6.20 Å². The smallest absolute Gasteiger partial charge is 0.0457 e. The summed E-state index contributed by atoms with van der Waals surface area (Å²) in [6.07, 6.45) is 4.51. The van der Waals surface area contributed by atoms with Crippen LogP contribution in [0.5, 0.6) is 0 Å². The molecule has 3 rings (SSSR count). The lowest BCUT2D eigenvalue weighted by atomic mass is 9.98. The van der Waals surface area contributed by atoms with Crippen molar-refractivity contribution in [3.63, 3.8) is 0 Å². The van der Waals surface area contributed by atoms with Crippen LogP contribution in [0.4, 0.5) is 0 Å². The van der Waals surface area contributed by atoms with Gasteiger partial charge in [0.1, 0.15) is 0 Å². The molecule has 2 unspecified atom stereocenters. The second-order valence-corrected chi connectivity index (χ2v) is 5.83. The molecule has 1 aromatic heterocycles. The molecule has 0 bridgehead atoms. The number of nitrogens with zero attached hydrogens (tertiary/aromatic N) is 1. The van der Waals surface area contributed by atoms with E-state index in [-0.39, 0.29) is 0 Å². The van der Waals surface area contributed by atoms with Crippen LogP contribution in [0.2, 0.25) is 0 Å². The highest BCUT2D eigenvalue weighted by Crippen LogP contribution is 2.17. The van der Waals surface area contributed by atoms with Crippen molar-refractivity contribution in [1.29, 1.82) is 0 Å². The SMILES string of the molecule is CC1CC(NCc2ccc3cc[nH]c3c2)CCN1C. The van der Waals surface area contributed by atoms with Crippen LogP contribution in [-0.4, -0.2) is 35.6 Å². The molecule has 2 atom stereocenters. The Bertz CT molecular complexity index is 546. The van der Waals surface area contributed by atoms with Gasteiger partial charge < -0.3 is 15.2 Å². The summed E-state index contributed by atoms with van der Waals surface area (Å²) < 4.78 is 0. The van der Waals surface area contributed by atoms with Crippen molar-refractivity contribution in [3.05, 3.63) is 36.0 Å². The Morgan fingerprint density at radius 2 is 2.26 bits per heavy atom. The van der Waals surface area contributed by atoms with Crippen LogP contribution < -0.4 is 5.32 Å². The van der Waals surface area contributed by atoms with Gasteiger partial charge in [0.05, 0.1) is 0 Å². The summed E-state index contributed by atoms with van der Waals surface area (Å²) in [5, 5.41) is 4.99. The fourth-order valence-corrected chi connectivity index (χ4v) is 2.94. The van der Waals surface area contributed by atoms with Crippen LogP contribution in [0, 0.1) is 0 Å². The van der Waals surface area contributed by atoms with E-state index in [0.717, 1.165) is 6.54 Å². The zero-order valence-corrected chi connectivity index (χ0v) is 11.8. The number of nitrogens with one attached hydrogen (secondary N) is 2. The Morgan fingerprint density at radius 1 is 1.37 bits per heavy atom. The van der Waals surface area contributed by atoms with Crippen LogP contribution in [0.25, 0.3) is 10.9 Å². The summed E-state index contributed by atoms with van der Waals surface area (Å²) in [6.45, 7) is 4.49. The largest absolute Gasteiger partial charge is 0.361 e. The van der Waals surface area contributed by atoms with E-state index in [1.165, 1.54) is 35.9 Å². The molecule has 1 aromatic carbocycles. The minimum Gasteiger partial charge on any atom is -0.361 e. The van der Waals surface area contributed by atoms with Gasteiger partial charge in [0.25, 0.3) is 0 Å².